The Bertz CT molecular complexity index is 648. The van der Waals surface area contributed by atoms with Crippen molar-refractivity contribution in [1.82, 2.24) is 4.90 Å². The van der Waals surface area contributed by atoms with Crippen molar-refractivity contribution >= 4 is 17.3 Å². The molecular formula is C18H21NO3S. The van der Waals surface area contributed by atoms with Crippen molar-refractivity contribution in [3.8, 4) is 0 Å². The molecule has 23 heavy (non-hydrogen) atoms. The molecule has 0 bridgehead atoms. The Kier molecular flexibility index (Phi) is 5.10. The topological polar surface area (TPSA) is 60.8 Å². The van der Waals surface area contributed by atoms with Crippen LogP contribution in [0.3, 0.4) is 0 Å². The first kappa shape index (κ1) is 16.2. The molecule has 2 aromatic rings. The van der Waals surface area contributed by atoms with Crippen LogP contribution in [0.5, 0.6) is 0 Å². The molecule has 1 aromatic heterocycles. The van der Waals surface area contributed by atoms with Gasteiger partial charge in [0.25, 0.3) is 0 Å². The molecule has 1 atom stereocenters. The average Bonchev–Trinajstić information content (AvgIpc) is 3.10. The number of rotatable bonds is 5. The number of thiophene rings is 1. The molecule has 3 rings (SSSR count). The minimum Gasteiger partial charge on any atom is -0.478 e. The molecule has 1 fully saturated rings. The number of likely N-dealkylation sites (tertiary alicyclic amines) is 1. The van der Waals surface area contributed by atoms with Gasteiger partial charge >= 0.3 is 5.97 Å². The number of aliphatic hydroxyl groups is 1. The van der Waals surface area contributed by atoms with E-state index >= 15 is 0 Å². The molecule has 1 saturated heterocycles. The summed E-state index contributed by atoms with van der Waals surface area (Å²) >= 11 is 1.60. The van der Waals surface area contributed by atoms with E-state index in [1.165, 1.54) is 0 Å². The Balaban J connectivity index is 1.59. The smallest absolute Gasteiger partial charge is 0.336 e. The van der Waals surface area contributed by atoms with Crippen LogP contribution >= 0.6 is 11.3 Å². The van der Waals surface area contributed by atoms with Gasteiger partial charge in [-0.3, -0.25) is 4.90 Å². The summed E-state index contributed by atoms with van der Waals surface area (Å²) < 4.78 is 0. The third-order valence-electron chi connectivity index (χ3n) is 4.56. The van der Waals surface area contributed by atoms with Crippen molar-refractivity contribution in [2.75, 3.05) is 13.1 Å². The van der Waals surface area contributed by atoms with Gasteiger partial charge in [-0.25, -0.2) is 4.79 Å². The number of nitrogens with zero attached hydrogens (tertiary/aromatic N) is 1. The molecule has 2 N–H and O–H groups in total. The van der Waals surface area contributed by atoms with Crippen LogP contribution in [0.1, 0.15) is 39.7 Å². The highest BCUT2D eigenvalue weighted by Crippen LogP contribution is 2.33. The van der Waals surface area contributed by atoms with Crippen molar-refractivity contribution in [2.24, 2.45) is 5.92 Å². The summed E-state index contributed by atoms with van der Waals surface area (Å²) in [6.45, 7) is 2.44. The van der Waals surface area contributed by atoms with Gasteiger partial charge in [0.15, 0.2) is 0 Å². The number of aliphatic hydroxyl groups excluding tert-OH is 1. The summed E-state index contributed by atoms with van der Waals surface area (Å²) in [7, 11) is 0. The zero-order valence-electron chi connectivity index (χ0n) is 12.9. The first-order valence-corrected chi connectivity index (χ1v) is 8.78. The summed E-state index contributed by atoms with van der Waals surface area (Å²) in [5.74, 6) is -0.580. The van der Waals surface area contributed by atoms with E-state index in [0.29, 0.717) is 18.0 Å². The minimum absolute atomic E-state index is 0.291. The van der Waals surface area contributed by atoms with E-state index in [1.54, 1.807) is 23.5 Å². The lowest BCUT2D eigenvalue weighted by Crippen LogP contribution is -2.35. The molecule has 0 spiro atoms. The first-order valence-electron chi connectivity index (χ1n) is 7.90. The number of hydrogen-bond acceptors (Lipinski definition) is 4. The van der Waals surface area contributed by atoms with Crippen LogP contribution in [-0.2, 0) is 6.54 Å². The highest BCUT2D eigenvalue weighted by molar-refractivity contribution is 7.10. The van der Waals surface area contributed by atoms with E-state index in [-0.39, 0.29) is 6.10 Å². The molecule has 1 unspecified atom stereocenters. The molecule has 0 radical (unpaired) electrons. The number of hydrogen-bond donors (Lipinski definition) is 2. The molecule has 1 aromatic carbocycles. The Morgan fingerprint density at radius 3 is 2.61 bits per heavy atom. The van der Waals surface area contributed by atoms with Crippen LogP contribution < -0.4 is 0 Å². The number of carboxylic acid groups (broad SMARTS) is 1. The second-order valence-electron chi connectivity index (χ2n) is 6.04. The molecular weight excluding hydrogens is 310 g/mol. The molecule has 1 aliphatic rings. The van der Waals surface area contributed by atoms with Gasteiger partial charge in [0.1, 0.15) is 0 Å². The highest BCUT2D eigenvalue weighted by atomic mass is 32.1. The van der Waals surface area contributed by atoms with Crippen LogP contribution in [0.2, 0.25) is 0 Å². The van der Waals surface area contributed by atoms with Crippen LogP contribution in [0.4, 0.5) is 0 Å². The van der Waals surface area contributed by atoms with Crippen LogP contribution in [0, 0.1) is 5.92 Å². The van der Waals surface area contributed by atoms with Gasteiger partial charge in [-0.05, 0) is 54.9 Å². The maximum absolute atomic E-state index is 11.3. The summed E-state index contributed by atoms with van der Waals surface area (Å²) in [5.41, 5.74) is 1.24. The average molecular weight is 331 g/mol. The summed E-state index contributed by atoms with van der Waals surface area (Å²) in [5, 5.41) is 21.7. The quantitative estimate of drug-likeness (QED) is 0.881. The predicted octanol–water partition coefficient (Wildman–Crippen LogP) is 3.39. The Morgan fingerprint density at radius 2 is 1.96 bits per heavy atom. The van der Waals surface area contributed by atoms with Gasteiger partial charge in [-0.2, -0.15) is 0 Å². The number of aromatic carboxylic acids is 1. The Hall–Kier alpha value is -1.69. The van der Waals surface area contributed by atoms with E-state index in [4.69, 9.17) is 0 Å². The third-order valence-corrected chi connectivity index (χ3v) is 5.50. The third kappa shape index (κ3) is 3.80. The standard InChI is InChI=1S/C18H21NO3S/c20-17(16-6-3-11-23-16)13-7-9-19(10-8-13)12-14-4-1-2-5-15(14)18(21)22/h1-6,11,13,17,20H,7-10,12H2,(H,21,22). The molecule has 2 heterocycles. The summed E-state index contributed by atoms with van der Waals surface area (Å²) in [4.78, 5) is 14.6. The van der Waals surface area contributed by atoms with E-state index in [1.807, 2.05) is 29.6 Å². The van der Waals surface area contributed by atoms with Crippen LogP contribution in [0.15, 0.2) is 41.8 Å². The Morgan fingerprint density at radius 1 is 1.22 bits per heavy atom. The monoisotopic (exact) mass is 331 g/mol. The van der Waals surface area contributed by atoms with Crippen LogP contribution in [-0.4, -0.2) is 34.2 Å². The lowest BCUT2D eigenvalue weighted by Gasteiger charge is -2.34. The summed E-state index contributed by atoms with van der Waals surface area (Å²) in [6, 6.07) is 11.2. The molecule has 0 amide bonds. The van der Waals surface area contributed by atoms with Crippen molar-refractivity contribution in [3.63, 3.8) is 0 Å². The fraction of sp³-hybridized carbons (Fsp3) is 0.389. The van der Waals surface area contributed by atoms with Gasteiger partial charge in [-0.1, -0.05) is 24.3 Å². The van der Waals surface area contributed by atoms with Crippen molar-refractivity contribution in [3.05, 3.63) is 57.8 Å². The maximum Gasteiger partial charge on any atom is 0.336 e. The van der Waals surface area contributed by atoms with Crippen molar-refractivity contribution < 1.29 is 15.0 Å². The number of carbonyl (C=O) groups is 1. The lowest BCUT2D eigenvalue weighted by atomic mass is 9.90. The molecule has 0 saturated carbocycles. The lowest BCUT2D eigenvalue weighted by molar-refractivity contribution is 0.0586. The maximum atomic E-state index is 11.3. The van der Waals surface area contributed by atoms with E-state index in [0.717, 1.165) is 36.4 Å². The second-order valence-corrected chi connectivity index (χ2v) is 7.02. The SMILES string of the molecule is O=C(O)c1ccccc1CN1CCC(C(O)c2cccs2)CC1. The fourth-order valence-corrected chi connectivity index (χ4v) is 4.03. The van der Waals surface area contributed by atoms with Gasteiger partial charge in [-0.15, -0.1) is 11.3 Å². The highest BCUT2D eigenvalue weighted by Gasteiger charge is 2.27. The number of benzene rings is 1. The normalized spacial score (nSPS) is 18.0. The second kappa shape index (κ2) is 7.25. The molecule has 5 heteroatoms. The zero-order chi connectivity index (χ0) is 16.2. The van der Waals surface area contributed by atoms with E-state index in [2.05, 4.69) is 4.90 Å². The Labute approximate surface area is 140 Å². The van der Waals surface area contributed by atoms with Crippen LogP contribution in [0.25, 0.3) is 0 Å². The summed E-state index contributed by atoms with van der Waals surface area (Å²) in [6.07, 6.45) is 1.51. The van der Waals surface area contributed by atoms with Crippen molar-refractivity contribution in [1.29, 1.82) is 0 Å². The zero-order valence-corrected chi connectivity index (χ0v) is 13.7. The molecule has 4 nitrogen and oxygen atoms in total. The molecule has 122 valence electrons. The fourth-order valence-electron chi connectivity index (χ4n) is 3.23. The minimum atomic E-state index is -0.872. The van der Waals surface area contributed by atoms with Gasteiger partial charge < -0.3 is 10.2 Å². The number of carboxylic acids is 1. The predicted molar refractivity (Wildman–Crippen MR) is 90.7 cm³/mol. The largest absolute Gasteiger partial charge is 0.478 e. The molecule has 1 aliphatic heterocycles. The first-order chi connectivity index (χ1) is 11.1. The van der Waals surface area contributed by atoms with Crippen molar-refractivity contribution in [2.45, 2.75) is 25.5 Å². The van der Waals surface area contributed by atoms with Gasteiger partial charge in [0.05, 0.1) is 11.7 Å². The van der Waals surface area contributed by atoms with Gasteiger partial charge in [0.2, 0.25) is 0 Å². The van der Waals surface area contributed by atoms with E-state index < -0.39 is 5.97 Å². The van der Waals surface area contributed by atoms with Gasteiger partial charge in [0, 0.05) is 11.4 Å². The van der Waals surface area contributed by atoms with E-state index in [9.17, 15) is 15.0 Å². The molecule has 0 aliphatic carbocycles. The number of piperidine rings is 1.